The van der Waals surface area contributed by atoms with E-state index in [1.807, 2.05) is 53.9 Å². The molecule has 1 N–H and O–H groups in total. The van der Waals surface area contributed by atoms with Crippen LogP contribution in [0.1, 0.15) is 34.9 Å². The molecular formula is C27H32N2O4S. The van der Waals surface area contributed by atoms with Crippen LogP contribution in [-0.4, -0.2) is 45.2 Å². The molecule has 4 rings (SSSR count). The molecule has 2 aromatic carbocycles. The number of ether oxygens (including phenoxy) is 3. The van der Waals surface area contributed by atoms with Crippen LogP contribution in [0.3, 0.4) is 0 Å². The third kappa shape index (κ3) is 5.90. The minimum absolute atomic E-state index is 0.0109. The van der Waals surface area contributed by atoms with E-state index in [1.165, 1.54) is 0 Å². The first-order chi connectivity index (χ1) is 16.6. The summed E-state index contributed by atoms with van der Waals surface area (Å²) in [5.41, 5.74) is 2.21. The number of nitrogens with zero attached hydrogens (tertiary/aromatic N) is 1. The molecule has 0 aliphatic carbocycles. The Morgan fingerprint density at radius 3 is 2.18 bits per heavy atom. The van der Waals surface area contributed by atoms with Crippen molar-refractivity contribution in [1.82, 2.24) is 10.2 Å². The maximum Gasteiger partial charge on any atom is 0.223 e. The Bertz CT molecular complexity index is 1040. The van der Waals surface area contributed by atoms with Gasteiger partial charge in [-0.3, -0.25) is 9.69 Å². The zero-order valence-electron chi connectivity index (χ0n) is 20.0. The number of carbonyl (C=O) groups is 1. The maximum absolute atomic E-state index is 13.2. The minimum Gasteiger partial charge on any atom is -0.497 e. The lowest BCUT2D eigenvalue weighted by Gasteiger charge is -2.32. The van der Waals surface area contributed by atoms with Crippen molar-refractivity contribution in [3.63, 3.8) is 0 Å². The van der Waals surface area contributed by atoms with Crippen molar-refractivity contribution in [2.24, 2.45) is 5.92 Å². The van der Waals surface area contributed by atoms with E-state index in [4.69, 9.17) is 14.2 Å². The number of benzene rings is 2. The molecule has 0 saturated carbocycles. The molecule has 1 aliphatic rings. The number of likely N-dealkylation sites (tertiary alicyclic amines) is 1. The molecule has 1 aromatic heterocycles. The summed E-state index contributed by atoms with van der Waals surface area (Å²) in [5, 5.41) is 5.36. The number of carbonyl (C=O) groups excluding carboxylic acids is 1. The summed E-state index contributed by atoms with van der Waals surface area (Å²) in [5.74, 6) is 2.53. The van der Waals surface area contributed by atoms with E-state index in [0.717, 1.165) is 65.7 Å². The quantitative estimate of drug-likeness (QED) is 0.473. The molecule has 1 atom stereocenters. The molecule has 1 unspecified atom stereocenters. The van der Waals surface area contributed by atoms with Gasteiger partial charge in [0, 0.05) is 23.4 Å². The van der Waals surface area contributed by atoms with Crippen LogP contribution >= 0.6 is 11.3 Å². The van der Waals surface area contributed by atoms with Gasteiger partial charge in [-0.15, -0.1) is 11.3 Å². The van der Waals surface area contributed by atoms with Crippen LogP contribution in [0.25, 0.3) is 0 Å². The van der Waals surface area contributed by atoms with Crippen molar-refractivity contribution in [3.05, 3.63) is 76.0 Å². The lowest BCUT2D eigenvalue weighted by Crippen LogP contribution is -2.41. The number of piperidine rings is 1. The normalized spacial score (nSPS) is 15.5. The van der Waals surface area contributed by atoms with Crippen LogP contribution < -0.4 is 19.5 Å². The van der Waals surface area contributed by atoms with Gasteiger partial charge in [-0.2, -0.15) is 0 Å². The largest absolute Gasteiger partial charge is 0.497 e. The van der Waals surface area contributed by atoms with E-state index >= 15 is 0 Å². The number of nitrogens with one attached hydrogen (secondary N) is 1. The number of rotatable bonds is 9. The average molecular weight is 481 g/mol. The standard InChI is InChI=1S/C27H32N2O4S/c1-31-22-8-6-20(7-9-22)26(25-5-4-14-34-25)28-27(30)21-10-12-29(13-11-21)18-19-15-23(32-2)17-24(16-19)33-3/h4-9,14-17,21,26H,10-13,18H2,1-3H3,(H,28,30). The van der Waals surface area contributed by atoms with Gasteiger partial charge < -0.3 is 19.5 Å². The van der Waals surface area contributed by atoms with Gasteiger partial charge in [-0.1, -0.05) is 18.2 Å². The van der Waals surface area contributed by atoms with E-state index < -0.39 is 0 Å². The van der Waals surface area contributed by atoms with Crippen LogP contribution in [0.5, 0.6) is 17.2 Å². The fourth-order valence-electron chi connectivity index (χ4n) is 4.40. The van der Waals surface area contributed by atoms with Gasteiger partial charge in [0.05, 0.1) is 27.4 Å². The fraction of sp³-hybridized carbons (Fsp3) is 0.370. The van der Waals surface area contributed by atoms with Gasteiger partial charge in [-0.25, -0.2) is 0 Å². The summed E-state index contributed by atoms with van der Waals surface area (Å²) < 4.78 is 16.1. The number of thiophene rings is 1. The highest BCUT2D eigenvalue weighted by molar-refractivity contribution is 7.10. The fourth-order valence-corrected chi connectivity index (χ4v) is 5.20. The van der Waals surface area contributed by atoms with E-state index in [1.54, 1.807) is 32.7 Å². The predicted octanol–water partition coefficient (Wildman–Crippen LogP) is 4.89. The highest BCUT2D eigenvalue weighted by atomic mass is 32.1. The topological polar surface area (TPSA) is 60.0 Å². The molecule has 6 nitrogen and oxygen atoms in total. The molecule has 1 aliphatic heterocycles. The molecule has 3 aromatic rings. The number of methoxy groups -OCH3 is 3. The SMILES string of the molecule is COc1ccc(C(NC(=O)C2CCN(Cc3cc(OC)cc(OC)c3)CC2)c2cccs2)cc1. The Kier molecular flexibility index (Phi) is 8.08. The summed E-state index contributed by atoms with van der Waals surface area (Å²) in [6, 6.07) is 17.8. The van der Waals surface area contributed by atoms with Gasteiger partial charge in [-0.05, 0) is 72.8 Å². The Morgan fingerprint density at radius 2 is 1.62 bits per heavy atom. The summed E-state index contributed by atoms with van der Waals surface area (Å²) >= 11 is 1.66. The Morgan fingerprint density at radius 1 is 0.971 bits per heavy atom. The van der Waals surface area contributed by atoms with Gasteiger partial charge in [0.2, 0.25) is 5.91 Å². The molecule has 1 saturated heterocycles. The third-order valence-corrected chi connectivity index (χ3v) is 7.28. The second-order valence-corrected chi connectivity index (χ2v) is 9.48. The molecule has 0 spiro atoms. The monoisotopic (exact) mass is 480 g/mol. The second-order valence-electron chi connectivity index (χ2n) is 8.50. The van der Waals surface area contributed by atoms with E-state index in [-0.39, 0.29) is 17.9 Å². The number of hydrogen-bond acceptors (Lipinski definition) is 6. The molecule has 34 heavy (non-hydrogen) atoms. The zero-order valence-corrected chi connectivity index (χ0v) is 20.8. The number of amides is 1. The van der Waals surface area contributed by atoms with Gasteiger partial charge in [0.15, 0.2) is 0 Å². The summed E-state index contributed by atoms with van der Waals surface area (Å²) in [7, 11) is 4.99. The maximum atomic E-state index is 13.2. The lowest BCUT2D eigenvalue weighted by molar-refractivity contribution is -0.127. The number of hydrogen-bond donors (Lipinski definition) is 1. The zero-order chi connectivity index (χ0) is 23.9. The van der Waals surface area contributed by atoms with Gasteiger partial charge >= 0.3 is 0 Å². The van der Waals surface area contributed by atoms with Crippen LogP contribution in [0.2, 0.25) is 0 Å². The lowest BCUT2D eigenvalue weighted by atomic mass is 9.94. The van der Waals surface area contributed by atoms with E-state index in [0.29, 0.717) is 0 Å². The summed E-state index contributed by atoms with van der Waals surface area (Å²) in [6.07, 6.45) is 1.68. The van der Waals surface area contributed by atoms with Crippen LogP contribution in [0.4, 0.5) is 0 Å². The molecule has 7 heteroatoms. The smallest absolute Gasteiger partial charge is 0.223 e. The third-order valence-electron chi connectivity index (χ3n) is 6.34. The second kappa shape index (κ2) is 11.4. The molecule has 1 amide bonds. The minimum atomic E-state index is -0.152. The van der Waals surface area contributed by atoms with E-state index in [9.17, 15) is 4.79 Å². The first-order valence-corrected chi connectivity index (χ1v) is 12.4. The van der Waals surface area contributed by atoms with Crippen molar-refractivity contribution >= 4 is 17.2 Å². The Labute approximate surface area is 205 Å². The van der Waals surface area contributed by atoms with Crippen molar-refractivity contribution < 1.29 is 19.0 Å². The Balaban J connectivity index is 1.37. The van der Waals surface area contributed by atoms with Crippen molar-refractivity contribution in [3.8, 4) is 17.2 Å². The van der Waals surface area contributed by atoms with Gasteiger partial charge in [0.1, 0.15) is 17.2 Å². The highest BCUT2D eigenvalue weighted by Gasteiger charge is 2.28. The van der Waals surface area contributed by atoms with Crippen LogP contribution in [0, 0.1) is 5.92 Å². The molecule has 0 radical (unpaired) electrons. The first-order valence-electron chi connectivity index (χ1n) is 11.5. The molecule has 180 valence electrons. The molecule has 2 heterocycles. The van der Waals surface area contributed by atoms with Crippen molar-refractivity contribution in [1.29, 1.82) is 0 Å². The average Bonchev–Trinajstić information content (AvgIpc) is 3.42. The molecular weight excluding hydrogens is 448 g/mol. The summed E-state index contributed by atoms with van der Waals surface area (Å²) in [6.45, 7) is 2.57. The highest BCUT2D eigenvalue weighted by Crippen LogP contribution is 2.29. The molecule has 1 fully saturated rings. The van der Waals surface area contributed by atoms with Crippen molar-refractivity contribution in [2.75, 3.05) is 34.4 Å². The summed E-state index contributed by atoms with van der Waals surface area (Å²) in [4.78, 5) is 16.8. The predicted molar refractivity (Wildman–Crippen MR) is 135 cm³/mol. The molecule has 0 bridgehead atoms. The van der Waals surface area contributed by atoms with E-state index in [2.05, 4.69) is 16.3 Å². The Hall–Kier alpha value is -3.03. The first kappa shape index (κ1) is 24.1. The van der Waals surface area contributed by atoms with Crippen molar-refractivity contribution in [2.45, 2.75) is 25.4 Å². The van der Waals surface area contributed by atoms with Crippen LogP contribution in [0.15, 0.2) is 60.0 Å². The van der Waals surface area contributed by atoms with Crippen LogP contribution in [-0.2, 0) is 11.3 Å². The van der Waals surface area contributed by atoms with Gasteiger partial charge in [0.25, 0.3) is 0 Å².